The smallest absolute Gasteiger partial charge is 0.264 e. The first-order valence-electron chi connectivity index (χ1n) is 13.4. The number of rotatable bonds is 18. The summed E-state index contributed by atoms with van der Waals surface area (Å²) in [6.07, 6.45) is 17.7. The Bertz CT molecular complexity index is 350. The Balaban J connectivity index is -0.000000416. The van der Waals surface area contributed by atoms with Crippen molar-refractivity contribution < 1.29 is 17.5 Å². The minimum Gasteiger partial charge on any atom is -0.264 e. The molecule has 0 aliphatic rings. The van der Waals surface area contributed by atoms with Crippen LogP contribution in [0.25, 0.3) is 0 Å². The molecule has 0 aromatic carbocycles. The summed E-state index contributed by atoms with van der Waals surface area (Å²) in [5.74, 6) is 0. The second-order valence-electron chi connectivity index (χ2n) is 9.03. The van der Waals surface area contributed by atoms with Gasteiger partial charge in [0.2, 0.25) is 0 Å². The Morgan fingerprint density at radius 1 is 0.452 bits per heavy atom. The molecule has 0 aliphatic carbocycles. The summed E-state index contributed by atoms with van der Waals surface area (Å²) < 4.78 is 41.7. The van der Waals surface area contributed by atoms with E-state index in [-0.39, 0.29) is 0 Å². The molecular formula is C24H58O4SSn2. The fourth-order valence-corrected chi connectivity index (χ4v) is 25.6. The normalized spacial score (nSPS) is 11.2. The average Bonchev–Trinajstić information content (AvgIpc) is 2.72. The molecule has 2 N–H and O–H groups in total. The topological polar surface area (TPSA) is 74.6 Å². The first-order chi connectivity index (χ1) is 14.7. The Kier molecular flexibility index (Phi) is 35.2. The van der Waals surface area contributed by atoms with Crippen molar-refractivity contribution in [1.29, 1.82) is 0 Å². The molecule has 0 heterocycles. The molecule has 0 saturated carbocycles. The molecule has 4 nitrogen and oxygen atoms in total. The summed E-state index contributed by atoms with van der Waals surface area (Å²) in [6, 6.07) is 0. The van der Waals surface area contributed by atoms with Gasteiger partial charge in [-0.05, 0) is 0 Å². The van der Waals surface area contributed by atoms with Crippen LogP contribution in [0.4, 0.5) is 0 Å². The van der Waals surface area contributed by atoms with Crippen molar-refractivity contribution in [3.63, 3.8) is 0 Å². The van der Waals surface area contributed by atoms with Crippen LogP contribution in [0.5, 0.6) is 0 Å². The van der Waals surface area contributed by atoms with E-state index in [2.05, 4.69) is 41.5 Å². The van der Waals surface area contributed by atoms with Gasteiger partial charge in [0.1, 0.15) is 0 Å². The molecule has 0 atom stereocenters. The van der Waals surface area contributed by atoms with Crippen LogP contribution in [0.3, 0.4) is 0 Å². The van der Waals surface area contributed by atoms with E-state index in [4.69, 9.17) is 17.5 Å². The van der Waals surface area contributed by atoms with E-state index in [9.17, 15) is 0 Å². The van der Waals surface area contributed by atoms with Crippen molar-refractivity contribution in [1.82, 2.24) is 0 Å². The Morgan fingerprint density at radius 3 is 0.677 bits per heavy atom. The molecule has 0 aromatic rings. The van der Waals surface area contributed by atoms with Crippen molar-refractivity contribution in [3.05, 3.63) is 0 Å². The molecule has 31 heavy (non-hydrogen) atoms. The molecule has 0 saturated heterocycles. The summed E-state index contributed by atoms with van der Waals surface area (Å²) in [4.78, 5) is 0. The fourth-order valence-electron chi connectivity index (χ4n) is 3.82. The van der Waals surface area contributed by atoms with Crippen LogP contribution in [-0.2, 0) is 10.4 Å². The molecule has 0 amide bonds. The average molecular weight is 680 g/mol. The van der Waals surface area contributed by atoms with E-state index >= 15 is 0 Å². The first kappa shape index (κ1) is 37.0. The zero-order valence-corrected chi connectivity index (χ0v) is 29.4. The molecule has 192 valence electrons. The van der Waals surface area contributed by atoms with Gasteiger partial charge in [0.15, 0.2) is 0 Å². The van der Waals surface area contributed by atoms with E-state index in [0.29, 0.717) is 0 Å². The van der Waals surface area contributed by atoms with Gasteiger partial charge in [0, 0.05) is 0 Å². The quantitative estimate of drug-likeness (QED) is 0.112. The van der Waals surface area contributed by atoms with Crippen LogP contribution in [0.1, 0.15) is 119 Å². The third-order valence-corrected chi connectivity index (χ3v) is 26.8. The maximum atomic E-state index is 8.74. The molecular weight excluding hydrogens is 622 g/mol. The van der Waals surface area contributed by atoms with E-state index < -0.39 is 49.9 Å². The van der Waals surface area contributed by atoms with Gasteiger partial charge in [-0.2, -0.15) is 8.42 Å². The summed E-state index contributed by atoms with van der Waals surface area (Å²) in [5.41, 5.74) is 0. The molecule has 0 rings (SSSR count). The first-order valence-corrected chi connectivity index (χ1v) is 28.8. The van der Waals surface area contributed by atoms with Gasteiger partial charge in [-0.3, -0.25) is 9.11 Å². The summed E-state index contributed by atoms with van der Waals surface area (Å²) in [7, 11) is -4.67. The zero-order chi connectivity index (χ0) is 24.4. The third kappa shape index (κ3) is 42.1. The summed E-state index contributed by atoms with van der Waals surface area (Å²) >= 11 is -1.93. The van der Waals surface area contributed by atoms with Crippen LogP contribution in [-0.4, -0.2) is 57.0 Å². The van der Waals surface area contributed by atoms with Crippen LogP contribution in [0.2, 0.25) is 26.6 Å². The van der Waals surface area contributed by atoms with Crippen LogP contribution >= 0.6 is 0 Å². The van der Waals surface area contributed by atoms with Gasteiger partial charge in [-0.1, -0.05) is 0 Å². The third-order valence-electron chi connectivity index (χ3n) is 5.80. The molecule has 0 radical (unpaired) electrons. The number of hydrogen-bond acceptors (Lipinski definition) is 2. The largest absolute Gasteiger partial charge is 0.394 e. The van der Waals surface area contributed by atoms with E-state index in [1.54, 1.807) is 26.6 Å². The second-order valence-corrected chi connectivity index (χ2v) is 29.7. The second kappa shape index (κ2) is 29.5. The predicted molar refractivity (Wildman–Crippen MR) is 147 cm³/mol. The SMILES string of the molecule is CCC[CH2][SnH]([CH2]CCC)[CH2]CCC.CCC[CH2][SnH]([CH2]CCC)[CH2]CCC.O=S(=O)(O)O. The van der Waals surface area contributed by atoms with Crippen LogP contribution in [0, 0.1) is 0 Å². The Hall–Kier alpha value is 1.47. The molecule has 0 aromatic heterocycles. The Labute approximate surface area is 211 Å². The van der Waals surface area contributed by atoms with Crippen molar-refractivity contribution in [2.24, 2.45) is 0 Å². The molecule has 0 fully saturated rings. The zero-order valence-electron chi connectivity index (χ0n) is 22.0. The molecule has 7 heteroatoms. The maximum Gasteiger partial charge on any atom is 0.394 e. The van der Waals surface area contributed by atoms with Crippen molar-refractivity contribution in [2.75, 3.05) is 0 Å². The van der Waals surface area contributed by atoms with Crippen molar-refractivity contribution in [2.45, 2.75) is 145 Å². The van der Waals surface area contributed by atoms with E-state index in [0.717, 1.165) is 0 Å². The van der Waals surface area contributed by atoms with Gasteiger partial charge in [0.05, 0.1) is 0 Å². The predicted octanol–water partition coefficient (Wildman–Crippen LogP) is 8.57. The van der Waals surface area contributed by atoms with Crippen molar-refractivity contribution >= 4 is 49.9 Å². The van der Waals surface area contributed by atoms with Gasteiger partial charge < -0.3 is 0 Å². The number of unbranched alkanes of at least 4 members (excludes halogenated alkanes) is 6. The molecule has 0 spiro atoms. The Morgan fingerprint density at radius 2 is 0.581 bits per heavy atom. The molecule has 0 aliphatic heterocycles. The summed E-state index contributed by atoms with van der Waals surface area (Å²) in [6.45, 7) is 14.0. The standard InChI is InChI=1S/6C4H9.H2O4S.2Sn.2H/c6*1-3-4-2;1-5(2,3)4;;;;/h6*1,3-4H2,2H3;(H2,1,2,3,4);;;;. The number of hydrogen-bond donors (Lipinski definition) is 2. The van der Waals surface area contributed by atoms with Crippen LogP contribution in [0.15, 0.2) is 0 Å². The fraction of sp³-hybridized carbons (Fsp3) is 1.00. The maximum absolute atomic E-state index is 8.74. The van der Waals surface area contributed by atoms with Crippen LogP contribution < -0.4 is 0 Å². The van der Waals surface area contributed by atoms with Gasteiger partial charge >= 0.3 is 195 Å². The molecule has 0 bridgehead atoms. The van der Waals surface area contributed by atoms with E-state index in [1.807, 2.05) is 0 Å². The van der Waals surface area contributed by atoms with Gasteiger partial charge in [-0.15, -0.1) is 0 Å². The summed E-state index contributed by atoms with van der Waals surface area (Å²) in [5, 5.41) is 0. The van der Waals surface area contributed by atoms with Gasteiger partial charge in [-0.25, -0.2) is 0 Å². The minimum absolute atomic E-state index is 0.967. The minimum atomic E-state index is -4.67. The molecule has 0 unspecified atom stereocenters. The van der Waals surface area contributed by atoms with Crippen molar-refractivity contribution in [3.8, 4) is 0 Å². The van der Waals surface area contributed by atoms with E-state index in [1.165, 1.54) is 77.0 Å². The monoisotopic (exact) mass is 682 g/mol. The van der Waals surface area contributed by atoms with Gasteiger partial charge in [0.25, 0.3) is 0 Å².